The van der Waals surface area contributed by atoms with E-state index >= 15 is 0 Å². The first-order chi connectivity index (χ1) is 22.3. The third-order valence-corrected chi connectivity index (χ3v) is 11.5. The van der Waals surface area contributed by atoms with Crippen molar-refractivity contribution in [1.29, 1.82) is 0 Å². The van der Waals surface area contributed by atoms with Crippen LogP contribution in [-0.4, -0.2) is 53.1 Å². The number of hydrogen-bond acceptors (Lipinski definition) is 6. The van der Waals surface area contributed by atoms with Crippen molar-refractivity contribution in [2.24, 2.45) is 17.8 Å². The van der Waals surface area contributed by atoms with Gasteiger partial charge in [-0.15, -0.1) is 0 Å². The summed E-state index contributed by atoms with van der Waals surface area (Å²) in [5.41, 5.74) is 3.78. The second-order valence-corrected chi connectivity index (χ2v) is 21.6. The quantitative estimate of drug-likeness (QED) is 0.163. The number of amides is 2. The number of pyridine rings is 1. The van der Waals surface area contributed by atoms with Crippen LogP contribution in [0.2, 0.25) is 25.7 Å². The topological polar surface area (TPSA) is 107 Å². The number of aryl methyl sites for hydroxylation is 1. The molecule has 2 fully saturated rings. The second-order valence-electron chi connectivity index (χ2n) is 16.0. The van der Waals surface area contributed by atoms with Gasteiger partial charge in [-0.1, -0.05) is 90.8 Å². The summed E-state index contributed by atoms with van der Waals surface area (Å²) in [4.78, 5) is 32.2. The summed E-state index contributed by atoms with van der Waals surface area (Å²) >= 11 is 0. The molecule has 0 saturated heterocycles. The summed E-state index contributed by atoms with van der Waals surface area (Å²) in [7, 11) is -1.16. The summed E-state index contributed by atoms with van der Waals surface area (Å²) in [5, 5.41) is 11.0. The minimum Gasteiger partial charge on any atom is -0.444 e. The number of alkyl carbamates (subject to hydrolysis) is 1. The summed E-state index contributed by atoms with van der Waals surface area (Å²) in [6.45, 7) is 17.9. The third-order valence-electron chi connectivity index (χ3n) is 9.79. The first-order valence-electron chi connectivity index (χ1n) is 18.2. The highest BCUT2D eigenvalue weighted by atomic mass is 28.3. The average Bonchev–Trinajstić information content (AvgIpc) is 3.33. The van der Waals surface area contributed by atoms with E-state index in [1.807, 2.05) is 44.5 Å². The van der Waals surface area contributed by atoms with Gasteiger partial charge in [-0.05, 0) is 70.0 Å². The monoisotopic (exact) mass is 667 g/mol. The fraction of sp³-hybridized carbons (Fsp3) is 0.730. The SMILES string of the molecule is CCc1c(-c2ccc(NC(=O)C(NC(=O)OC(C)(C)C)C(C3CCCCC3)C3CCCCC3)cn2)c(C)nn1COCC[Si](C)(C)C. The van der Waals surface area contributed by atoms with E-state index in [2.05, 4.69) is 37.2 Å². The third kappa shape index (κ3) is 10.9. The molecule has 2 aliphatic carbocycles. The molecule has 47 heavy (non-hydrogen) atoms. The molecule has 2 aliphatic rings. The Hall–Kier alpha value is -2.72. The van der Waals surface area contributed by atoms with Gasteiger partial charge in [0.05, 0.1) is 29.0 Å². The Morgan fingerprint density at radius 1 is 1.00 bits per heavy atom. The molecule has 2 aromatic heterocycles. The Balaban J connectivity index is 1.54. The standard InChI is InChI=1S/C37H61N5O4Si/c1-9-31-32(26(2)41-42(31)25-45-22-23-47(6,7)8)30-21-20-29(24-38-30)39-35(43)34(40-36(44)46-37(3,4)5)33(27-16-12-10-13-17-27)28-18-14-11-15-19-28/h20-21,24,27-28,33-34H,9-19,22-23,25H2,1-8H3,(H,39,43)(H,40,44). The fourth-order valence-electron chi connectivity index (χ4n) is 7.53. The molecule has 2 heterocycles. The maximum atomic E-state index is 14.2. The van der Waals surface area contributed by atoms with E-state index in [0.717, 1.165) is 67.4 Å². The Bertz CT molecular complexity index is 1280. The number of nitrogens with zero attached hydrogens (tertiary/aromatic N) is 3. The molecule has 10 heteroatoms. The Labute approximate surface area is 284 Å². The van der Waals surface area contributed by atoms with Crippen molar-refractivity contribution in [3.63, 3.8) is 0 Å². The molecule has 0 spiro atoms. The molecular weight excluding hydrogens is 607 g/mol. The summed E-state index contributed by atoms with van der Waals surface area (Å²) in [5.74, 6) is 0.693. The minimum atomic E-state index is -1.16. The first-order valence-corrected chi connectivity index (χ1v) is 21.9. The molecule has 2 aromatic rings. The van der Waals surface area contributed by atoms with Crippen LogP contribution >= 0.6 is 0 Å². The molecule has 0 bridgehead atoms. The zero-order valence-corrected chi connectivity index (χ0v) is 31.4. The lowest BCUT2D eigenvalue weighted by Gasteiger charge is -2.42. The van der Waals surface area contributed by atoms with Crippen molar-refractivity contribution < 1.29 is 19.1 Å². The molecule has 2 amide bonds. The van der Waals surface area contributed by atoms with Crippen molar-refractivity contribution in [2.75, 3.05) is 11.9 Å². The number of carbonyl (C=O) groups excluding carboxylic acids is 2. The minimum absolute atomic E-state index is 0.0731. The van der Waals surface area contributed by atoms with Crippen LogP contribution in [0.5, 0.6) is 0 Å². The maximum absolute atomic E-state index is 14.2. The van der Waals surface area contributed by atoms with Crippen LogP contribution in [0.25, 0.3) is 11.3 Å². The molecule has 0 aliphatic heterocycles. The van der Waals surface area contributed by atoms with Gasteiger partial charge >= 0.3 is 6.09 Å². The van der Waals surface area contributed by atoms with Crippen LogP contribution in [0.4, 0.5) is 10.5 Å². The number of hydrogen-bond donors (Lipinski definition) is 2. The van der Waals surface area contributed by atoms with E-state index in [1.54, 1.807) is 6.20 Å². The fourth-order valence-corrected chi connectivity index (χ4v) is 8.29. The number of nitrogens with one attached hydrogen (secondary N) is 2. The van der Waals surface area contributed by atoms with Crippen LogP contribution in [0.15, 0.2) is 18.3 Å². The normalized spacial score (nSPS) is 17.5. The number of carbonyl (C=O) groups is 2. The van der Waals surface area contributed by atoms with E-state index in [-0.39, 0.29) is 11.8 Å². The van der Waals surface area contributed by atoms with Crippen LogP contribution in [-0.2, 0) is 27.4 Å². The van der Waals surface area contributed by atoms with E-state index in [1.165, 1.54) is 38.5 Å². The highest BCUT2D eigenvalue weighted by Crippen LogP contribution is 2.42. The van der Waals surface area contributed by atoms with Gasteiger partial charge in [0.2, 0.25) is 5.91 Å². The van der Waals surface area contributed by atoms with Crippen molar-refractivity contribution in [3.8, 4) is 11.3 Å². The maximum Gasteiger partial charge on any atom is 0.408 e. The first kappa shape index (κ1) is 37.1. The van der Waals surface area contributed by atoms with Crippen LogP contribution in [0, 0.1) is 24.7 Å². The van der Waals surface area contributed by atoms with Crippen molar-refractivity contribution in [1.82, 2.24) is 20.1 Å². The zero-order valence-electron chi connectivity index (χ0n) is 30.4. The molecule has 1 unspecified atom stereocenters. The van der Waals surface area contributed by atoms with Crippen LogP contribution in [0.3, 0.4) is 0 Å². The molecule has 0 aromatic carbocycles. The number of anilines is 1. The molecule has 0 radical (unpaired) electrons. The number of ether oxygens (including phenoxy) is 2. The molecule has 4 rings (SSSR count). The van der Waals surface area contributed by atoms with Gasteiger partial charge in [0.15, 0.2) is 0 Å². The lowest BCUT2D eigenvalue weighted by atomic mass is 9.66. The molecule has 2 saturated carbocycles. The predicted octanol–water partition coefficient (Wildman–Crippen LogP) is 8.74. The van der Waals surface area contributed by atoms with Gasteiger partial charge in [-0.2, -0.15) is 5.10 Å². The molecule has 2 N–H and O–H groups in total. The largest absolute Gasteiger partial charge is 0.444 e. The van der Waals surface area contributed by atoms with Gasteiger partial charge in [-0.25, -0.2) is 9.48 Å². The van der Waals surface area contributed by atoms with Crippen molar-refractivity contribution >= 4 is 25.8 Å². The summed E-state index contributed by atoms with van der Waals surface area (Å²) in [6.07, 6.45) is 13.6. The molecule has 1 atom stereocenters. The molecular formula is C37H61N5O4Si. The lowest BCUT2D eigenvalue weighted by molar-refractivity contribution is -0.121. The van der Waals surface area contributed by atoms with E-state index < -0.39 is 25.8 Å². The smallest absolute Gasteiger partial charge is 0.408 e. The van der Waals surface area contributed by atoms with Crippen LogP contribution in [0.1, 0.15) is 103 Å². The Morgan fingerprint density at radius 2 is 1.62 bits per heavy atom. The average molecular weight is 668 g/mol. The number of aromatic nitrogens is 3. The van der Waals surface area contributed by atoms with Gasteiger partial charge in [0.25, 0.3) is 0 Å². The second kappa shape index (κ2) is 16.6. The van der Waals surface area contributed by atoms with Crippen LogP contribution < -0.4 is 10.6 Å². The summed E-state index contributed by atoms with van der Waals surface area (Å²) < 4.78 is 13.7. The Kier molecular flexibility index (Phi) is 13.1. The molecule has 9 nitrogen and oxygen atoms in total. The molecule has 262 valence electrons. The highest BCUT2D eigenvalue weighted by molar-refractivity contribution is 6.76. The van der Waals surface area contributed by atoms with Gasteiger partial charge in [0.1, 0.15) is 18.4 Å². The van der Waals surface area contributed by atoms with E-state index in [9.17, 15) is 9.59 Å². The summed E-state index contributed by atoms with van der Waals surface area (Å²) in [6, 6.07) is 4.29. The van der Waals surface area contributed by atoms with E-state index in [4.69, 9.17) is 19.6 Å². The zero-order chi connectivity index (χ0) is 34.2. The highest BCUT2D eigenvalue weighted by Gasteiger charge is 2.41. The Morgan fingerprint density at radius 3 is 2.13 bits per heavy atom. The predicted molar refractivity (Wildman–Crippen MR) is 192 cm³/mol. The number of rotatable bonds is 13. The lowest BCUT2D eigenvalue weighted by Crippen LogP contribution is -2.54. The van der Waals surface area contributed by atoms with Gasteiger partial charge in [0, 0.05) is 20.2 Å². The van der Waals surface area contributed by atoms with Crippen molar-refractivity contribution in [3.05, 3.63) is 29.7 Å². The van der Waals surface area contributed by atoms with E-state index in [0.29, 0.717) is 24.3 Å². The van der Waals surface area contributed by atoms with Crippen molar-refractivity contribution in [2.45, 2.75) is 149 Å². The van der Waals surface area contributed by atoms with Gasteiger partial charge in [-0.3, -0.25) is 9.78 Å². The van der Waals surface area contributed by atoms with Gasteiger partial charge < -0.3 is 20.1 Å².